The highest BCUT2D eigenvalue weighted by molar-refractivity contribution is 5.92. The lowest BCUT2D eigenvalue weighted by Crippen LogP contribution is -2.39. The van der Waals surface area contributed by atoms with E-state index in [4.69, 9.17) is 0 Å². The second kappa shape index (κ2) is 7.82. The SMILES string of the molecule is CN(C)CCn1ccnc1C1CCN(C(=O)c2ccc(=O)n(C)n2)CC1. The Morgan fingerprint density at radius 3 is 2.65 bits per heavy atom. The van der Waals surface area contributed by atoms with Crippen molar-refractivity contribution in [3.63, 3.8) is 0 Å². The van der Waals surface area contributed by atoms with Crippen LogP contribution in [0.3, 0.4) is 0 Å². The minimum absolute atomic E-state index is 0.116. The molecule has 0 atom stereocenters. The maximum Gasteiger partial charge on any atom is 0.274 e. The molecule has 0 saturated carbocycles. The first-order chi connectivity index (χ1) is 12.5. The summed E-state index contributed by atoms with van der Waals surface area (Å²) in [7, 11) is 5.68. The third-order valence-corrected chi connectivity index (χ3v) is 4.86. The number of piperidine rings is 1. The van der Waals surface area contributed by atoms with Crippen molar-refractivity contribution in [3.8, 4) is 0 Å². The van der Waals surface area contributed by atoms with Gasteiger partial charge in [0.1, 0.15) is 11.5 Å². The van der Waals surface area contributed by atoms with E-state index >= 15 is 0 Å². The van der Waals surface area contributed by atoms with Gasteiger partial charge in [0, 0.05) is 57.6 Å². The van der Waals surface area contributed by atoms with Gasteiger partial charge in [-0.05, 0) is 33.0 Å². The molecule has 140 valence electrons. The van der Waals surface area contributed by atoms with Crippen LogP contribution in [0.25, 0.3) is 0 Å². The Bertz CT molecular complexity index is 817. The first-order valence-electron chi connectivity index (χ1n) is 8.95. The van der Waals surface area contributed by atoms with Crippen LogP contribution < -0.4 is 5.56 Å². The fourth-order valence-electron chi connectivity index (χ4n) is 3.30. The highest BCUT2D eigenvalue weighted by Crippen LogP contribution is 2.27. The number of amides is 1. The third-order valence-electron chi connectivity index (χ3n) is 4.86. The van der Waals surface area contributed by atoms with Gasteiger partial charge in [-0.3, -0.25) is 9.59 Å². The summed E-state index contributed by atoms with van der Waals surface area (Å²) >= 11 is 0. The summed E-state index contributed by atoms with van der Waals surface area (Å²) in [5, 5.41) is 4.06. The zero-order valence-corrected chi connectivity index (χ0v) is 15.6. The summed E-state index contributed by atoms with van der Waals surface area (Å²) in [6.45, 7) is 3.24. The Kier molecular flexibility index (Phi) is 5.51. The number of aryl methyl sites for hydroxylation is 1. The number of imidazole rings is 1. The van der Waals surface area contributed by atoms with Crippen molar-refractivity contribution in [2.45, 2.75) is 25.3 Å². The molecular formula is C18H26N6O2. The molecule has 0 unspecified atom stereocenters. The number of aromatic nitrogens is 4. The molecule has 2 aromatic rings. The van der Waals surface area contributed by atoms with Crippen LogP contribution in [0, 0.1) is 0 Å². The topological polar surface area (TPSA) is 76.3 Å². The second-order valence-corrected chi connectivity index (χ2v) is 7.03. The fraction of sp³-hybridized carbons (Fsp3) is 0.556. The van der Waals surface area contributed by atoms with Crippen molar-refractivity contribution < 1.29 is 4.79 Å². The lowest BCUT2D eigenvalue weighted by molar-refractivity contribution is 0.0701. The number of hydrogen-bond donors (Lipinski definition) is 0. The maximum absolute atomic E-state index is 12.6. The average Bonchev–Trinajstić information content (AvgIpc) is 3.10. The molecule has 1 saturated heterocycles. The minimum atomic E-state index is -0.218. The number of rotatable bonds is 5. The summed E-state index contributed by atoms with van der Waals surface area (Å²) < 4.78 is 3.41. The van der Waals surface area contributed by atoms with Crippen LogP contribution in [0.2, 0.25) is 0 Å². The highest BCUT2D eigenvalue weighted by Gasteiger charge is 2.27. The monoisotopic (exact) mass is 358 g/mol. The van der Waals surface area contributed by atoms with E-state index in [0.717, 1.165) is 31.8 Å². The van der Waals surface area contributed by atoms with E-state index < -0.39 is 0 Å². The van der Waals surface area contributed by atoms with Gasteiger partial charge in [0.2, 0.25) is 0 Å². The second-order valence-electron chi connectivity index (χ2n) is 7.03. The third kappa shape index (κ3) is 4.01. The van der Waals surface area contributed by atoms with Gasteiger partial charge in [-0.25, -0.2) is 9.67 Å². The molecular weight excluding hydrogens is 332 g/mol. The van der Waals surface area contributed by atoms with Crippen LogP contribution in [0.15, 0.2) is 29.3 Å². The smallest absolute Gasteiger partial charge is 0.274 e. The highest BCUT2D eigenvalue weighted by atomic mass is 16.2. The molecule has 1 aliphatic rings. The van der Waals surface area contributed by atoms with Crippen LogP contribution >= 0.6 is 0 Å². The van der Waals surface area contributed by atoms with Crippen molar-refractivity contribution >= 4 is 5.91 Å². The van der Waals surface area contributed by atoms with Crippen molar-refractivity contribution in [1.82, 2.24) is 29.1 Å². The summed E-state index contributed by atoms with van der Waals surface area (Å²) in [6, 6.07) is 2.89. The van der Waals surface area contributed by atoms with Crippen molar-refractivity contribution in [1.29, 1.82) is 0 Å². The Labute approximate surface area is 153 Å². The Balaban J connectivity index is 1.62. The maximum atomic E-state index is 12.6. The molecule has 0 radical (unpaired) electrons. The molecule has 0 aromatic carbocycles. The Hall–Kier alpha value is -2.48. The zero-order chi connectivity index (χ0) is 18.7. The standard InChI is InChI=1S/C18H26N6O2/c1-21(2)12-13-23-11-8-19-17(23)14-6-9-24(10-7-14)18(26)15-4-5-16(25)22(3)20-15/h4-5,8,11,14H,6-7,9-10,12-13H2,1-3H3. The van der Waals surface area contributed by atoms with Gasteiger partial charge >= 0.3 is 0 Å². The van der Waals surface area contributed by atoms with Gasteiger partial charge < -0.3 is 14.4 Å². The quantitative estimate of drug-likeness (QED) is 0.781. The number of carbonyl (C=O) groups is 1. The summed E-state index contributed by atoms with van der Waals surface area (Å²) in [5.41, 5.74) is 0.0999. The van der Waals surface area contributed by atoms with Crippen LogP contribution in [0.1, 0.15) is 35.1 Å². The minimum Gasteiger partial charge on any atom is -0.337 e. The first-order valence-corrected chi connectivity index (χ1v) is 8.95. The van der Waals surface area contributed by atoms with E-state index in [1.807, 2.05) is 17.3 Å². The number of carbonyl (C=O) groups excluding carboxylic acids is 1. The molecule has 1 amide bonds. The van der Waals surface area contributed by atoms with E-state index in [1.54, 1.807) is 7.05 Å². The predicted octanol–water partition coefficient (Wildman–Crippen LogP) is 0.558. The molecule has 0 N–H and O–H groups in total. The number of hydrogen-bond acceptors (Lipinski definition) is 5. The van der Waals surface area contributed by atoms with E-state index in [-0.39, 0.29) is 11.5 Å². The largest absolute Gasteiger partial charge is 0.337 e. The van der Waals surface area contributed by atoms with E-state index in [9.17, 15) is 9.59 Å². The van der Waals surface area contributed by atoms with E-state index in [1.165, 1.54) is 16.8 Å². The van der Waals surface area contributed by atoms with Gasteiger partial charge in [0.05, 0.1) is 0 Å². The van der Waals surface area contributed by atoms with Gasteiger partial charge in [0.25, 0.3) is 11.5 Å². The summed E-state index contributed by atoms with van der Waals surface area (Å²) in [6.07, 6.45) is 5.66. The summed E-state index contributed by atoms with van der Waals surface area (Å²) in [4.78, 5) is 32.6. The number of likely N-dealkylation sites (N-methyl/N-ethyl adjacent to an activating group) is 1. The van der Waals surface area contributed by atoms with Crippen molar-refractivity contribution in [2.24, 2.45) is 7.05 Å². The van der Waals surface area contributed by atoms with E-state index in [0.29, 0.717) is 24.7 Å². The molecule has 0 bridgehead atoms. The number of likely N-dealkylation sites (tertiary alicyclic amines) is 1. The van der Waals surface area contributed by atoms with Crippen LogP contribution in [-0.2, 0) is 13.6 Å². The first kappa shape index (κ1) is 18.3. The van der Waals surface area contributed by atoms with Gasteiger partial charge in [-0.2, -0.15) is 5.10 Å². The van der Waals surface area contributed by atoms with Gasteiger partial charge in [-0.15, -0.1) is 0 Å². The molecule has 8 heteroatoms. The van der Waals surface area contributed by atoms with Crippen molar-refractivity contribution in [2.75, 3.05) is 33.7 Å². The Morgan fingerprint density at radius 2 is 2.00 bits per heavy atom. The van der Waals surface area contributed by atoms with Crippen LogP contribution in [0.4, 0.5) is 0 Å². The van der Waals surface area contributed by atoms with Crippen molar-refractivity contribution in [3.05, 3.63) is 46.4 Å². The normalized spacial score (nSPS) is 15.6. The summed E-state index contributed by atoms with van der Waals surface area (Å²) in [5.74, 6) is 1.36. The average molecular weight is 358 g/mol. The molecule has 1 fully saturated rings. The van der Waals surface area contributed by atoms with Gasteiger partial charge in [-0.1, -0.05) is 0 Å². The predicted molar refractivity (Wildman–Crippen MR) is 98.1 cm³/mol. The number of nitrogens with zero attached hydrogens (tertiary/aromatic N) is 6. The molecule has 26 heavy (non-hydrogen) atoms. The molecule has 0 spiro atoms. The van der Waals surface area contributed by atoms with Gasteiger partial charge in [0.15, 0.2) is 0 Å². The molecule has 0 aliphatic carbocycles. The molecule has 8 nitrogen and oxygen atoms in total. The lowest BCUT2D eigenvalue weighted by Gasteiger charge is -2.31. The zero-order valence-electron chi connectivity index (χ0n) is 15.6. The Morgan fingerprint density at radius 1 is 1.27 bits per heavy atom. The molecule has 2 aromatic heterocycles. The fourth-order valence-corrected chi connectivity index (χ4v) is 3.30. The molecule has 3 heterocycles. The molecule has 3 rings (SSSR count). The van der Waals surface area contributed by atoms with Crippen LogP contribution in [0.5, 0.6) is 0 Å². The van der Waals surface area contributed by atoms with Crippen LogP contribution in [-0.4, -0.2) is 68.8 Å². The lowest BCUT2D eigenvalue weighted by atomic mass is 9.95. The molecule has 1 aliphatic heterocycles. The van der Waals surface area contributed by atoms with E-state index in [2.05, 4.69) is 33.6 Å².